The minimum Gasteiger partial charge on any atom is -0.481 e. The number of nitrogens with one attached hydrogen (secondary N) is 1. The summed E-state index contributed by atoms with van der Waals surface area (Å²) in [6.07, 6.45) is 16.9. The number of halogens is 1. The third-order valence-corrected chi connectivity index (χ3v) is 19.8. The number of hydrogen-bond acceptors (Lipinski definition) is 5. The van der Waals surface area contributed by atoms with Crippen molar-refractivity contribution in [1.29, 1.82) is 0 Å². The third-order valence-electron chi connectivity index (χ3n) is 17.8. The highest BCUT2D eigenvalue weighted by Crippen LogP contribution is 2.76. The summed E-state index contributed by atoms with van der Waals surface area (Å²) >= 11 is 0. The molecule has 0 aromatic heterocycles. The summed E-state index contributed by atoms with van der Waals surface area (Å²) in [5, 5.41) is 15.9. The van der Waals surface area contributed by atoms with Gasteiger partial charge in [-0.1, -0.05) is 58.9 Å². The Hall–Kier alpha value is -1.73. The summed E-state index contributed by atoms with van der Waals surface area (Å²) in [4.78, 5) is 25.6. The van der Waals surface area contributed by atoms with Crippen LogP contribution >= 0.6 is 0 Å². The predicted octanol–water partition coefficient (Wildman–Crippen LogP) is 8.34. The summed E-state index contributed by atoms with van der Waals surface area (Å²) in [6, 6.07) is 0. The molecule has 7 rings (SSSR count). The number of nitrogens with zero attached hydrogens (tertiary/aromatic N) is 1. The molecule has 8 heteroatoms. The first-order chi connectivity index (χ1) is 24.4. The smallest absolute Gasteiger partial charge is 0.312 e. The molecule has 290 valence electrons. The zero-order chi connectivity index (χ0) is 37.5. The molecule has 0 amide bonds. The van der Waals surface area contributed by atoms with Crippen molar-refractivity contribution in [3.05, 3.63) is 35.5 Å². The molecule has 4 saturated carbocycles. The number of rotatable bonds is 8. The van der Waals surface area contributed by atoms with Crippen LogP contribution in [0.3, 0.4) is 0 Å². The average molecular weight is 739 g/mol. The maximum absolute atomic E-state index is 14.0. The molecule has 0 bridgehead atoms. The van der Waals surface area contributed by atoms with Crippen LogP contribution in [0.25, 0.3) is 0 Å². The Morgan fingerprint density at radius 2 is 1.71 bits per heavy atom. The summed E-state index contributed by atoms with van der Waals surface area (Å²) in [6.45, 7) is 22.3. The zero-order valence-corrected chi connectivity index (χ0v) is 33.9. The minimum absolute atomic E-state index is 0.0185. The lowest BCUT2D eigenvalue weighted by molar-refractivity contribution is -0.221. The molecule has 10 atom stereocenters. The van der Waals surface area contributed by atoms with E-state index in [1.165, 1.54) is 68.1 Å². The molecular weight excluding hydrogens is 672 g/mol. The number of hydrogen-bond donors (Lipinski definition) is 2. The predicted molar refractivity (Wildman–Crippen MR) is 209 cm³/mol. The summed E-state index contributed by atoms with van der Waals surface area (Å²) in [7, 11) is -2.42. The van der Waals surface area contributed by atoms with E-state index in [0.717, 1.165) is 32.6 Å². The van der Waals surface area contributed by atoms with Crippen molar-refractivity contribution in [3.8, 4) is 0 Å². The van der Waals surface area contributed by atoms with Crippen molar-refractivity contribution >= 4 is 20.7 Å². The molecule has 6 nitrogen and oxygen atoms in total. The van der Waals surface area contributed by atoms with Crippen LogP contribution in [-0.2, 0) is 19.1 Å². The highest BCUT2D eigenvalue weighted by atomic mass is 32.2. The second-order valence-corrected chi connectivity index (χ2v) is 22.7. The van der Waals surface area contributed by atoms with E-state index in [1.54, 1.807) is 0 Å². The van der Waals surface area contributed by atoms with Crippen LogP contribution in [-0.4, -0.2) is 75.3 Å². The third kappa shape index (κ3) is 5.64. The Balaban J connectivity index is 1.12. The number of alkyl halides is 1. The molecule has 0 radical (unpaired) electrons. The number of carboxylic acids is 1. The highest BCUT2D eigenvalue weighted by molar-refractivity contribution is 8.00. The van der Waals surface area contributed by atoms with E-state index in [-0.39, 0.29) is 33.6 Å². The molecule has 1 aliphatic heterocycles. The van der Waals surface area contributed by atoms with Gasteiger partial charge in [-0.25, -0.2) is 9.18 Å². The van der Waals surface area contributed by atoms with Crippen molar-refractivity contribution in [2.45, 2.75) is 124 Å². The molecule has 7 aliphatic rings. The molecule has 0 aromatic carbocycles. The first-order valence-corrected chi connectivity index (χ1v) is 22.5. The van der Waals surface area contributed by atoms with E-state index in [4.69, 9.17) is 0 Å². The maximum atomic E-state index is 14.0. The van der Waals surface area contributed by atoms with E-state index in [9.17, 15) is 23.3 Å². The van der Waals surface area contributed by atoms with Gasteiger partial charge in [0, 0.05) is 43.2 Å². The first kappa shape index (κ1) is 38.5. The molecule has 6 aliphatic carbocycles. The van der Waals surface area contributed by atoms with E-state index in [1.807, 2.05) is 5.23 Å². The molecule has 5 fully saturated rings. The van der Waals surface area contributed by atoms with Crippen LogP contribution in [0.15, 0.2) is 35.5 Å². The number of carboxylic acid groups (broad SMARTS) is 1. The zero-order valence-electron chi connectivity index (χ0n) is 33.1. The van der Waals surface area contributed by atoms with Gasteiger partial charge in [0.2, 0.25) is 0 Å². The fraction of sp³-hybridized carbons (Fsp3) is 0.818. The SMILES string of the molecule is C=C(C)[C@@H]1CC[C@]2(NCCN3CCS(=O)(=C=O)CC3)CC[C@]3(C)[C@H](CC[C@@H]4[C@@]5(C)CC=C(C6=CCC(CF)(C(=O)O)CC6)C(C)(C)[C@@H]5CC[C@]43C)[C@@H]12. The molecule has 0 spiro atoms. The normalized spacial score (nSPS) is 45.2. The lowest BCUT2D eigenvalue weighted by atomic mass is 9.33. The molecule has 2 N–H and O–H groups in total. The van der Waals surface area contributed by atoms with Crippen LogP contribution in [0, 0.1) is 56.7 Å². The van der Waals surface area contributed by atoms with Crippen LogP contribution in [0.5, 0.6) is 0 Å². The van der Waals surface area contributed by atoms with Gasteiger partial charge in [0.15, 0.2) is 5.23 Å². The second kappa shape index (κ2) is 13.2. The van der Waals surface area contributed by atoms with Gasteiger partial charge in [-0.3, -0.25) is 9.00 Å². The topological polar surface area (TPSA) is 86.7 Å². The van der Waals surface area contributed by atoms with Crippen LogP contribution in [0.1, 0.15) is 119 Å². The Labute approximate surface area is 313 Å². The van der Waals surface area contributed by atoms with Gasteiger partial charge in [-0.05, 0) is 146 Å². The summed E-state index contributed by atoms with van der Waals surface area (Å²) in [5.41, 5.74) is 3.58. The summed E-state index contributed by atoms with van der Waals surface area (Å²) in [5.74, 6) is 2.88. The van der Waals surface area contributed by atoms with Crippen molar-refractivity contribution in [2.24, 2.45) is 56.7 Å². The largest absolute Gasteiger partial charge is 0.481 e. The van der Waals surface area contributed by atoms with Gasteiger partial charge in [0.05, 0.1) is 14.9 Å². The number of allylic oxidation sites excluding steroid dienone is 5. The molecule has 1 heterocycles. The fourth-order valence-electron chi connectivity index (χ4n) is 14.7. The van der Waals surface area contributed by atoms with E-state index < -0.39 is 27.6 Å². The van der Waals surface area contributed by atoms with Gasteiger partial charge in [0.25, 0.3) is 0 Å². The van der Waals surface area contributed by atoms with E-state index in [0.29, 0.717) is 53.9 Å². The van der Waals surface area contributed by atoms with Crippen molar-refractivity contribution < 1.29 is 23.3 Å². The quantitative estimate of drug-likeness (QED) is 0.193. The molecule has 1 saturated heterocycles. The van der Waals surface area contributed by atoms with Crippen molar-refractivity contribution in [1.82, 2.24) is 10.2 Å². The second-order valence-electron chi connectivity index (χ2n) is 20.1. The Morgan fingerprint density at radius 3 is 2.33 bits per heavy atom. The fourth-order valence-corrected chi connectivity index (χ4v) is 16.1. The Morgan fingerprint density at radius 1 is 0.981 bits per heavy atom. The average Bonchev–Trinajstić information content (AvgIpc) is 3.49. The highest BCUT2D eigenvalue weighted by Gasteiger charge is 2.70. The lowest BCUT2D eigenvalue weighted by Gasteiger charge is -2.72. The molecule has 52 heavy (non-hydrogen) atoms. The van der Waals surface area contributed by atoms with Crippen molar-refractivity contribution in [3.63, 3.8) is 0 Å². The van der Waals surface area contributed by atoms with Gasteiger partial charge < -0.3 is 15.3 Å². The summed E-state index contributed by atoms with van der Waals surface area (Å²) < 4.78 is 26.5. The Bertz CT molecular complexity index is 1680. The van der Waals surface area contributed by atoms with Gasteiger partial charge in [0.1, 0.15) is 6.67 Å². The van der Waals surface area contributed by atoms with Gasteiger partial charge >= 0.3 is 5.97 Å². The van der Waals surface area contributed by atoms with E-state index >= 15 is 0 Å². The minimum atomic E-state index is -2.42. The first-order valence-electron chi connectivity index (χ1n) is 20.6. The van der Waals surface area contributed by atoms with E-state index in [2.05, 4.69) is 70.5 Å². The number of aliphatic carboxylic acids is 1. The van der Waals surface area contributed by atoms with Gasteiger partial charge in [-0.15, -0.1) is 0 Å². The maximum Gasteiger partial charge on any atom is 0.312 e. The van der Waals surface area contributed by atoms with Gasteiger partial charge in [-0.2, -0.15) is 0 Å². The van der Waals surface area contributed by atoms with Crippen LogP contribution < -0.4 is 5.32 Å². The number of fused-ring (bicyclic) bond motifs is 7. The molecule has 1 unspecified atom stereocenters. The van der Waals surface area contributed by atoms with Crippen LogP contribution in [0.2, 0.25) is 0 Å². The molecule has 0 aromatic rings. The van der Waals surface area contributed by atoms with Crippen LogP contribution in [0.4, 0.5) is 4.39 Å². The monoisotopic (exact) mass is 738 g/mol. The molecular formula is C44H67FN2O4S. The number of carbonyl (C=O) groups is 1. The standard InChI is InChI=1S/C44H67FN2O4S/c1-30(2)32-12-19-44(46-22-23-47-24-26-52(51,29-48)27-25-47)21-20-41(6)34(37(32)44)8-9-36-40(5)15-13-33(39(3,4)35(40)14-16-42(36,41)7)31-10-17-43(28-45,18-11-31)38(49)50/h10,13,32,34-37,46H,1,8-9,11-12,14-28H2,2-7H3,(H,49,50)/t32-,34+,35-,36+,37+,40-,41+,42+,43?,44-/m0/s1. The Kier molecular flexibility index (Phi) is 9.78. The number of carbonyl (C=O) groups excluding carboxylic acids is 1. The van der Waals surface area contributed by atoms with Crippen molar-refractivity contribution in [2.75, 3.05) is 44.4 Å². The lowest BCUT2D eigenvalue weighted by Crippen LogP contribution is -2.68.